The molecule has 0 aromatic heterocycles. The molecule has 1 aromatic carbocycles. The van der Waals surface area contributed by atoms with Crippen molar-refractivity contribution < 1.29 is 27.8 Å². The first-order valence-electron chi connectivity index (χ1n) is 4.75. The lowest BCUT2D eigenvalue weighted by atomic mass is 10.1. The van der Waals surface area contributed by atoms with Crippen LogP contribution in [0.15, 0.2) is 30.3 Å². The number of hydrogen-bond acceptors (Lipinski definition) is 2. The Labute approximate surface area is 95.8 Å². The molecular formula is C11H11F3O3. The third-order valence-corrected chi connectivity index (χ3v) is 2.32. The number of alkyl halides is 3. The minimum Gasteiger partial charge on any atom is -0.479 e. The molecule has 0 aliphatic heterocycles. The van der Waals surface area contributed by atoms with E-state index in [2.05, 4.69) is 4.74 Å². The van der Waals surface area contributed by atoms with Crippen molar-refractivity contribution >= 4 is 5.97 Å². The fourth-order valence-corrected chi connectivity index (χ4v) is 1.07. The number of carboxylic acids is 1. The summed E-state index contributed by atoms with van der Waals surface area (Å²) in [5.74, 6) is -2.05. The van der Waals surface area contributed by atoms with Crippen molar-refractivity contribution in [2.24, 2.45) is 0 Å². The molecule has 0 spiro atoms. The lowest BCUT2D eigenvalue weighted by Gasteiger charge is -2.27. The fourth-order valence-electron chi connectivity index (χ4n) is 1.07. The van der Waals surface area contributed by atoms with Crippen LogP contribution in [-0.4, -0.2) is 22.9 Å². The predicted octanol–water partition coefficient (Wildman–Crippen LogP) is 2.61. The topological polar surface area (TPSA) is 46.5 Å². The highest BCUT2D eigenvalue weighted by atomic mass is 19.4. The molecule has 0 amide bonds. The molecule has 0 saturated heterocycles. The van der Waals surface area contributed by atoms with Crippen molar-refractivity contribution in [2.45, 2.75) is 25.3 Å². The molecule has 17 heavy (non-hydrogen) atoms. The molecule has 6 heteroatoms. The summed E-state index contributed by atoms with van der Waals surface area (Å²) >= 11 is 0. The Hall–Kier alpha value is -1.56. The van der Waals surface area contributed by atoms with Gasteiger partial charge in [0.2, 0.25) is 0 Å². The van der Waals surface area contributed by atoms with Crippen molar-refractivity contribution in [1.29, 1.82) is 0 Å². The van der Waals surface area contributed by atoms with Gasteiger partial charge in [-0.15, -0.1) is 0 Å². The normalized spacial score (nSPS) is 15.3. The van der Waals surface area contributed by atoms with E-state index in [4.69, 9.17) is 5.11 Å². The maximum absolute atomic E-state index is 12.6. The third-order valence-electron chi connectivity index (χ3n) is 2.32. The molecule has 94 valence electrons. The van der Waals surface area contributed by atoms with Gasteiger partial charge in [-0.2, -0.15) is 13.2 Å². The maximum atomic E-state index is 12.6. The van der Waals surface area contributed by atoms with Gasteiger partial charge < -0.3 is 9.84 Å². The summed E-state index contributed by atoms with van der Waals surface area (Å²) in [6, 6.07) is 8.07. The number of ether oxygens (including phenoxy) is 1. The average Bonchev–Trinajstić information content (AvgIpc) is 2.25. The van der Waals surface area contributed by atoms with Crippen LogP contribution in [0.25, 0.3) is 0 Å². The zero-order chi connectivity index (χ0) is 13.1. The predicted molar refractivity (Wildman–Crippen MR) is 53.3 cm³/mol. The van der Waals surface area contributed by atoms with E-state index >= 15 is 0 Å². The van der Waals surface area contributed by atoms with Crippen LogP contribution in [0.2, 0.25) is 0 Å². The average molecular weight is 248 g/mol. The quantitative estimate of drug-likeness (QED) is 0.890. The summed E-state index contributed by atoms with van der Waals surface area (Å²) in [7, 11) is 0. The van der Waals surface area contributed by atoms with Crippen molar-refractivity contribution in [3.8, 4) is 0 Å². The Balaban J connectivity index is 2.80. The zero-order valence-electron chi connectivity index (χ0n) is 8.99. The van der Waals surface area contributed by atoms with E-state index in [1.807, 2.05) is 0 Å². The van der Waals surface area contributed by atoms with Crippen molar-refractivity contribution in [3.63, 3.8) is 0 Å². The van der Waals surface area contributed by atoms with Gasteiger partial charge in [0.25, 0.3) is 5.60 Å². The first-order valence-corrected chi connectivity index (χ1v) is 4.75. The van der Waals surface area contributed by atoms with Crippen molar-refractivity contribution in [1.82, 2.24) is 0 Å². The molecular weight excluding hydrogens is 237 g/mol. The van der Waals surface area contributed by atoms with Gasteiger partial charge in [0.1, 0.15) is 0 Å². The number of hydrogen-bond donors (Lipinski definition) is 1. The number of halogens is 3. The van der Waals surface area contributed by atoms with Gasteiger partial charge in [-0.1, -0.05) is 30.3 Å². The number of carboxylic acid groups (broad SMARTS) is 1. The van der Waals surface area contributed by atoms with Crippen LogP contribution < -0.4 is 0 Å². The first-order chi connectivity index (χ1) is 7.77. The van der Waals surface area contributed by atoms with Gasteiger partial charge in [-0.3, -0.25) is 0 Å². The number of rotatable bonds is 4. The van der Waals surface area contributed by atoms with Crippen molar-refractivity contribution in [2.75, 3.05) is 0 Å². The van der Waals surface area contributed by atoms with E-state index in [1.54, 1.807) is 30.3 Å². The van der Waals surface area contributed by atoms with E-state index in [1.165, 1.54) is 0 Å². The van der Waals surface area contributed by atoms with E-state index in [-0.39, 0.29) is 0 Å². The van der Waals surface area contributed by atoms with Crippen LogP contribution in [-0.2, 0) is 16.1 Å². The lowest BCUT2D eigenvalue weighted by molar-refractivity contribution is -0.272. The van der Waals surface area contributed by atoms with Crippen LogP contribution in [0.5, 0.6) is 0 Å². The second kappa shape index (κ2) is 4.75. The summed E-state index contributed by atoms with van der Waals surface area (Å²) < 4.78 is 42.2. The Morgan fingerprint density at radius 1 is 1.29 bits per heavy atom. The SMILES string of the molecule is CC(OCc1ccccc1)(C(=O)O)C(F)(F)F. The summed E-state index contributed by atoms with van der Waals surface area (Å²) in [6.07, 6.45) is -4.96. The highest BCUT2D eigenvalue weighted by Gasteiger charge is 2.58. The summed E-state index contributed by atoms with van der Waals surface area (Å²) in [4.78, 5) is 10.6. The van der Waals surface area contributed by atoms with Crippen LogP contribution >= 0.6 is 0 Å². The molecule has 0 heterocycles. The second-order valence-electron chi connectivity index (χ2n) is 3.61. The monoisotopic (exact) mass is 248 g/mol. The van der Waals surface area contributed by atoms with E-state index in [9.17, 15) is 18.0 Å². The van der Waals surface area contributed by atoms with Crippen LogP contribution in [0.4, 0.5) is 13.2 Å². The van der Waals surface area contributed by atoms with Crippen molar-refractivity contribution in [3.05, 3.63) is 35.9 Å². The highest BCUT2D eigenvalue weighted by Crippen LogP contribution is 2.34. The van der Waals surface area contributed by atoms with Gasteiger partial charge in [-0.25, -0.2) is 4.79 Å². The minimum atomic E-state index is -4.96. The van der Waals surface area contributed by atoms with Gasteiger partial charge in [0.15, 0.2) is 0 Å². The highest BCUT2D eigenvalue weighted by molar-refractivity contribution is 5.78. The van der Waals surface area contributed by atoms with Crippen LogP contribution in [0.3, 0.4) is 0 Å². The zero-order valence-corrected chi connectivity index (χ0v) is 8.99. The minimum absolute atomic E-state index is 0.414. The molecule has 1 rings (SSSR count). The Morgan fingerprint density at radius 2 is 1.82 bits per heavy atom. The molecule has 1 atom stereocenters. The van der Waals surface area contributed by atoms with Gasteiger partial charge in [-0.05, 0) is 12.5 Å². The molecule has 3 nitrogen and oxygen atoms in total. The molecule has 1 unspecified atom stereocenters. The first kappa shape index (κ1) is 13.5. The van der Waals surface area contributed by atoms with E-state index < -0.39 is 24.4 Å². The molecule has 0 saturated carbocycles. The second-order valence-corrected chi connectivity index (χ2v) is 3.61. The summed E-state index contributed by atoms with van der Waals surface area (Å²) in [6.45, 7) is 0.0847. The molecule has 1 aromatic rings. The Bertz CT molecular complexity index is 389. The summed E-state index contributed by atoms with van der Waals surface area (Å²) in [5.41, 5.74) is -2.72. The maximum Gasteiger partial charge on any atom is 0.428 e. The van der Waals surface area contributed by atoms with Crippen LogP contribution in [0.1, 0.15) is 12.5 Å². The number of aliphatic carboxylic acids is 1. The number of carbonyl (C=O) groups is 1. The van der Waals surface area contributed by atoms with E-state index in [0.29, 0.717) is 12.5 Å². The number of benzene rings is 1. The van der Waals surface area contributed by atoms with Gasteiger partial charge in [0.05, 0.1) is 6.61 Å². The van der Waals surface area contributed by atoms with Crippen LogP contribution in [0, 0.1) is 0 Å². The summed E-state index contributed by atoms with van der Waals surface area (Å²) in [5, 5.41) is 8.60. The molecule has 0 bridgehead atoms. The smallest absolute Gasteiger partial charge is 0.428 e. The standard InChI is InChI=1S/C11H11F3O3/c1-10(9(15)16,11(12,13)14)17-7-8-5-3-2-4-6-8/h2-6H,7H2,1H3,(H,15,16). The third kappa shape index (κ3) is 2.97. The van der Waals surface area contributed by atoms with E-state index in [0.717, 1.165) is 0 Å². The molecule has 0 fully saturated rings. The molecule has 1 N–H and O–H groups in total. The Morgan fingerprint density at radius 3 is 2.24 bits per heavy atom. The molecule has 0 radical (unpaired) electrons. The van der Waals surface area contributed by atoms with Gasteiger partial charge >= 0.3 is 12.1 Å². The largest absolute Gasteiger partial charge is 0.479 e. The Kier molecular flexibility index (Phi) is 3.77. The van der Waals surface area contributed by atoms with Gasteiger partial charge in [0, 0.05) is 0 Å². The fraction of sp³-hybridized carbons (Fsp3) is 0.364. The molecule has 0 aliphatic rings. The lowest BCUT2D eigenvalue weighted by Crippen LogP contribution is -2.51. The molecule has 0 aliphatic carbocycles.